The van der Waals surface area contributed by atoms with Crippen molar-refractivity contribution in [3.8, 4) is 0 Å². The number of rotatable bonds is 4. The molecule has 4 aliphatic rings. The van der Waals surface area contributed by atoms with E-state index in [1.165, 1.54) is 0 Å². The number of nitrogens with one attached hydrogen (secondary N) is 3. The topological polar surface area (TPSA) is 119 Å². The molecule has 0 aromatic carbocycles. The highest BCUT2D eigenvalue weighted by atomic mass is 16.2. The summed E-state index contributed by atoms with van der Waals surface area (Å²) in [6.45, 7) is 6.25. The fourth-order valence-corrected chi connectivity index (χ4v) is 6.17. The third-order valence-electron chi connectivity index (χ3n) is 8.07. The third kappa shape index (κ3) is 4.51. The Morgan fingerprint density at radius 1 is 1.09 bits per heavy atom. The van der Waals surface area contributed by atoms with Gasteiger partial charge in [0, 0.05) is 43.5 Å². The molecule has 11 heteroatoms. The van der Waals surface area contributed by atoms with Gasteiger partial charge in [-0.3, -0.25) is 15.0 Å². The van der Waals surface area contributed by atoms with Crippen molar-refractivity contribution < 1.29 is 4.79 Å². The molecule has 2 aromatic rings. The minimum atomic E-state index is -0.140. The Kier molecular flexibility index (Phi) is 6.35. The van der Waals surface area contributed by atoms with Gasteiger partial charge in [-0.25, -0.2) is 20.4 Å². The molecule has 5 N–H and O–H groups in total. The number of hydrogen-bond donors (Lipinski definition) is 4. The SMILES string of the molecule is Cc1cn2nc([C@@H]3CCCCN3C(=O)C3CCCC(N4CNNC4)N3)cc2nc1N1CC[C@H](N)C1. The lowest BCUT2D eigenvalue weighted by Gasteiger charge is -2.41. The molecule has 35 heavy (non-hydrogen) atoms. The van der Waals surface area contributed by atoms with Crippen molar-refractivity contribution >= 4 is 17.4 Å². The van der Waals surface area contributed by atoms with Crippen molar-refractivity contribution in [1.82, 2.24) is 40.6 Å². The van der Waals surface area contributed by atoms with Crippen LogP contribution in [0.4, 0.5) is 5.82 Å². The predicted molar refractivity (Wildman–Crippen MR) is 133 cm³/mol. The van der Waals surface area contributed by atoms with E-state index in [2.05, 4.69) is 50.1 Å². The molecule has 0 aliphatic carbocycles. The Labute approximate surface area is 206 Å². The van der Waals surface area contributed by atoms with Gasteiger partial charge in [-0.1, -0.05) is 0 Å². The molecule has 0 bridgehead atoms. The number of hydrazine groups is 1. The molecule has 6 heterocycles. The van der Waals surface area contributed by atoms with Gasteiger partial charge in [-0.05, 0) is 51.9 Å². The minimum absolute atomic E-state index is 0.000730. The highest BCUT2D eigenvalue weighted by Gasteiger charge is 2.37. The second-order valence-corrected chi connectivity index (χ2v) is 10.6. The largest absolute Gasteiger partial charge is 0.355 e. The summed E-state index contributed by atoms with van der Waals surface area (Å²) < 4.78 is 1.88. The Balaban J connectivity index is 1.22. The van der Waals surface area contributed by atoms with Gasteiger partial charge in [0.15, 0.2) is 5.65 Å². The average molecular weight is 483 g/mol. The summed E-state index contributed by atoms with van der Waals surface area (Å²) in [5.74, 6) is 1.21. The van der Waals surface area contributed by atoms with Crippen molar-refractivity contribution in [1.29, 1.82) is 0 Å². The molecule has 4 aliphatic heterocycles. The number of fused-ring (bicyclic) bond motifs is 1. The van der Waals surface area contributed by atoms with Crippen molar-refractivity contribution in [2.75, 3.05) is 37.9 Å². The number of aromatic nitrogens is 3. The molecular weight excluding hydrogens is 444 g/mol. The molecule has 190 valence electrons. The van der Waals surface area contributed by atoms with E-state index in [-0.39, 0.29) is 30.2 Å². The summed E-state index contributed by atoms with van der Waals surface area (Å²) in [4.78, 5) is 25.4. The highest BCUT2D eigenvalue weighted by Crippen LogP contribution is 2.33. The standard InChI is InChI=1S/C24H38N10O/c1-16-12-34-22(29-23(16)31-10-8-17(25)13-31)11-19(30-34)20-6-2-3-9-33(20)24(35)18-5-4-7-21(28-18)32-14-26-27-15-32/h11-12,17-18,20-21,26-28H,2-10,13-15,25H2,1H3/t17-,18?,20-,21?/m0/s1. The molecule has 11 nitrogen and oxygen atoms in total. The number of hydrogen-bond acceptors (Lipinski definition) is 9. The summed E-state index contributed by atoms with van der Waals surface area (Å²) in [6, 6.07) is 2.15. The molecule has 0 spiro atoms. The van der Waals surface area contributed by atoms with E-state index in [9.17, 15) is 4.79 Å². The first-order chi connectivity index (χ1) is 17.1. The monoisotopic (exact) mass is 482 g/mol. The zero-order valence-electron chi connectivity index (χ0n) is 20.6. The molecule has 0 radical (unpaired) electrons. The summed E-state index contributed by atoms with van der Waals surface area (Å²) in [7, 11) is 0. The van der Waals surface area contributed by atoms with Crippen molar-refractivity contribution in [3.63, 3.8) is 0 Å². The van der Waals surface area contributed by atoms with Crippen LogP contribution in [-0.2, 0) is 4.79 Å². The molecule has 6 rings (SSSR count). The maximum atomic E-state index is 13.8. The number of piperidine rings is 2. The lowest BCUT2D eigenvalue weighted by molar-refractivity contribution is -0.139. The van der Waals surface area contributed by atoms with E-state index in [1.54, 1.807) is 0 Å². The fraction of sp³-hybridized carbons (Fsp3) is 0.708. The molecule has 2 aromatic heterocycles. The van der Waals surface area contributed by atoms with E-state index < -0.39 is 0 Å². The zero-order chi connectivity index (χ0) is 23.9. The van der Waals surface area contributed by atoms with Crippen LogP contribution in [0.5, 0.6) is 0 Å². The number of amides is 1. The maximum Gasteiger partial charge on any atom is 0.240 e. The van der Waals surface area contributed by atoms with Gasteiger partial charge < -0.3 is 15.5 Å². The predicted octanol–water partition coefficient (Wildman–Crippen LogP) is 0.422. The van der Waals surface area contributed by atoms with E-state index >= 15 is 0 Å². The van der Waals surface area contributed by atoms with Crippen LogP contribution < -0.4 is 26.8 Å². The van der Waals surface area contributed by atoms with Crippen LogP contribution in [0.15, 0.2) is 12.3 Å². The Morgan fingerprint density at radius 2 is 1.94 bits per heavy atom. The van der Waals surface area contributed by atoms with Crippen LogP contribution in [0, 0.1) is 6.92 Å². The van der Waals surface area contributed by atoms with E-state index in [4.69, 9.17) is 15.8 Å². The summed E-state index contributed by atoms with van der Waals surface area (Å²) in [5, 5.41) is 8.55. The summed E-state index contributed by atoms with van der Waals surface area (Å²) >= 11 is 0. The lowest BCUT2D eigenvalue weighted by Crippen LogP contribution is -2.58. The van der Waals surface area contributed by atoms with E-state index in [0.29, 0.717) is 0 Å². The zero-order valence-corrected chi connectivity index (χ0v) is 20.6. The first-order valence-corrected chi connectivity index (χ1v) is 13.2. The van der Waals surface area contributed by atoms with E-state index in [1.807, 2.05) is 4.52 Å². The highest BCUT2D eigenvalue weighted by molar-refractivity contribution is 5.82. The number of anilines is 1. The molecule has 4 atom stereocenters. The molecular formula is C24H38N10O. The van der Waals surface area contributed by atoms with Gasteiger partial charge >= 0.3 is 0 Å². The first kappa shape index (κ1) is 23.1. The van der Waals surface area contributed by atoms with Gasteiger partial charge in [0.05, 0.1) is 37.3 Å². The van der Waals surface area contributed by atoms with Crippen LogP contribution in [0.2, 0.25) is 0 Å². The number of carbonyl (C=O) groups excluding carboxylic acids is 1. The summed E-state index contributed by atoms with van der Waals surface area (Å²) in [5.41, 5.74) is 15.3. The van der Waals surface area contributed by atoms with Crippen LogP contribution in [0.1, 0.15) is 62.2 Å². The van der Waals surface area contributed by atoms with Gasteiger partial charge in [-0.2, -0.15) is 5.10 Å². The number of carbonyl (C=O) groups is 1. The quantitative estimate of drug-likeness (QED) is 0.492. The van der Waals surface area contributed by atoms with Crippen LogP contribution in [-0.4, -0.2) is 81.5 Å². The second kappa shape index (κ2) is 9.62. The van der Waals surface area contributed by atoms with Crippen molar-refractivity contribution in [3.05, 3.63) is 23.5 Å². The maximum absolute atomic E-state index is 13.8. The van der Waals surface area contributed by atoms with Crippen LogP contribution >= 0.6 is 0 Å². The minimum Gasteiger partial charge on any atom is -0.355 e. The fourth-order valence-electron chi connectivity index (χ4n) is 6.17. The average Bonchev–Trinajstić information content (AvgIpc) is 3.64. The first-order valence-electron chi connectivity index (χ1n) is 13.2. The molecule has 2 unspecified atom stereocenters. The lowest BCUT2D eigenvalue weighted by atomic mass is 9.95. The van der Waals surface area contributed by atoms with Gasteiger partial charge in [0.25, 0.3) is 0 Å². The molecule has 1 amide bonds. The number of aryl methyl sites for hydroxylation is 1. The molecule has 4 fully saturated rings. The second-order valence-electron chi connectivity index (χ2n) is 10.6. The molecule has 0 saturated carbocycles. The van der Waals surface area contributed by atoms with Crippen molar-refractivity contribution in [2.45, 2.75) is 76.2 Å². The number of likely N-dealkylation sites (tertiary alicyclic amines) is 1. The Morgan fingerprint density at radius 3 is 2.74 bits per heavy atom. The van der Waals surface area contributed by atoms with Crippen LogP contribution in [0.25, 0.3) is 5.65 Å². The van der Waals surface area contributed by atoms with Crippen molar-refractivity contribution in [2.24, 2.45) is 5.73 Å². The van der Waals surface area contributed by atoms with Gasteiger partial charge in [-0.15, -0.1) is 0 Å². The number of nitrogens with zero attached hydrogens (tertiary/aromatic N) is 6. The van der Waals surface area contributed by atoms with Gasteiger partial charge in [0.2, 0.25) is 5.91 Å². The third-order valence-corrected chi connectivity index (χ3v) is 8.07. The smallest absolute Gasteiger partial charge is 0.240 e. The van der Waals surface area contributed by atoms with E-state index in [0.717, 1.165) is 101 Å². The summed E-state index contributed by atoms with van der Waals surface area (Å²) in [6.07, 6.45) is 9.39. The Hall–Kier alpha value is -2.31. The molecule has 4 saturated heterocycles. The Bertz CT molecular complexity index is 1070. The number of nitrogens with two attached hydrogens (primary N) is 1. The normalized spacial score (nSPS) is 30.5. The van der Waals surface area contributed by atoms with Gasteiger partial charge in [0.1, 0.15) is 5.82 Å². The van der Waals surface area contributed by atoms with Crippen LogP contribution in [0.3, 0.4) is 0 Å².